The summed E-state index contributed by atoms with van der Waals surface area (Å²) in [5.41, 5.74) is 2.02. The summed E-state index contributed by atoms with van der Waals surface area (Å²) in [6.45, 7) is 2.75. The van der Waals surface area contributed by atoms with Crippen LogP contribution in [0, 0.1) is 0 Å². The fourth-order valence-electron chi connectivity index (χ4n) is 2.99. The van der Waals surface area contributed by atoms with E-state index in [-0.39, 0.29) is 11.3 Å². The number of aromatic hydroxyl groups is 1. The zero-order valence-electron chi connectivity index (χ0n) is 12.7. The number of hydrogen-bond acceptors (Lipinski definition) is 4. The molecule has 5 heteroatoms. The van der Waals surface area contributed by atoms with Crippen molar-refractivity contribution in [3.05, 3.63) is 57.0 Å². The number of rotatable bonds is 2. The van der Waals surface area contributed by atoms with E-state index in [1.807, 2.05) is 24.3 Å². The number of phenolic OH excluding ortho intramolecular Hbond substituents is 1. The Hall–Kier alpha value is -2.40. The second-order valence-electron chi connectivity index (χ2n) is 5.69. The molecule has 0 spiro atoms. The third-order valence-corrected chi connectivity index (χ3v) is 5.33. The Balaban J connectivity index is 1.88. The molecule has 3 aromatic rings. The zero-order chi connectivity index (χ0) is 16.0. The Kier molecular flexibility index (Phi) is 3.31. The lowest BCUT2D eigenvalue weighted by molar-refractivity contribution is 0.475. The van der Waals surface area contributed by atoms with Gasteiger partial charge in [0, 0.05) is 11.4 Å². The Bertz CT molecular complexity index is 998. The van der Waals surface area contributed by atoms with E-state index in [0.717, 1.165) is 40.0 Å². The molecule has 3 heterocycles. The van der Waals surface area contributed by atoms with Gasteiger partial charge in [-0.05, 0) is 48.3 Å². The average molecular weight is 324 g/mol. The van der Waals surface area contributed by atoms with Gasteiger partial charge in [-0.3, -0.25) is 9.36 Å². The molecule has 0 radical (unpaired) electrons. The van der Waals surface area contributed by atoms with E-state index in [9.17, 15) is 9.90 Å². The van der Waals surface area contributed by atoms with Gasteiger partial charge in [-0.2, -0.15) is 0 Å². The van der Waals surface area contributed by atoms with Gasteiger partial charge in [-0.25, -0.2) is 4.98 Å². The standard InChI is InChI=1S/C18H16N2O2S/c1-2-14-10-15-17(23-14)19-16-12(6-7-20(16)18(15)22)8-11-4-3-5-13(21)9-11/h3-5,8-10,21H,2,6-7H2,1H3/b12-8+. The van der Waals surface area contributed by atoms with Gasteiger partial charge in [0.1, 0.15) is 16.4 Å². The molecule has 4 nitrogen and oxygen atoms in total. The second-order valence-corrected chi connectivity index (χ2v) is 6.81. The van der Waals surface area contributed by atoms with Gasteiger partial charge in [0.15, 0.2) is 0 Å². The van der Waals surface area contributed by atoms with E-state index in [1.54, 1.807) is 28.0 Å². The molecule has 23 heavy (non-hydrogen) atoms. The first-order chi connectivity index (χ1) is 11.2. The first-order valence-corrected chi connectivity index (χ1v) is 8.50. The van der Waals surface area contributed by atoms with E-state index in [0.29, 0.717) is 6.54 Å². The second kappa shape index (κ2) is 5.35. The number of fused-ring (bicyclic) bond motifs is 2. The molecular formula is C18H16N2O2S. The third kappa shape index (κ3) is 2.37. The Morgan fingerprint density at radius 3 is 3.04 bits per heavy atom. The summed E-state index contributed by atoms with van der Waals surface area (Å²) in [7, 11) is 0. The van der Waals surface area contributed by atoms with Gasteiger partial charge in [0.25, 0.3) is 5.56 Å². The maximum absolute atomic E-state index is 12.7. The fourth-order valence-corrected chi connectivity index (χ4v) is 3.95. The van der Waals surface area contributed by atoms with Crippen LogP contribution in [0.2, 0.25) is 0 Å². The highest BCUT2D eigenvalue weighted by molar-refractivity contribution is 7.18. The van der Waals surface area contributed by atoms with Gasteiger partial charge < -0.3 is 5.11 Å². The van der Waals surface area contributed by atoms with Crippen molar-refractivity contribution in [2.45, 2.75) is 26.3 Å². The lowest BCUT2D eigenvalue weighted by Crippen LogP contribution is -2.19. The number of allylic oxidation sites excluding steroid dienone is 1. The molecule has 116 valence electrons. The molecule has 1 aromatic carbocycles. The van der Waals surface area contributed by atoms with Crippen LogP contribution in [0.4, 0.5) is 0 Å². The van der Waals surface area contributed by atoms with Crippen LogP contribution in [0.25, 0.3) is 21.9 Å². The first-order valence-electron chi connectivity index (χ1n) is 7.69. The van der Waals surface area contributed by atoms with Crippen LogP contribution in [0.1, 0.15) is 29.6 Å². The highest BCUT2D eigenvalue weighted by atomic mass is 32.1. The van der Waals surface area contributed by atoms with E-state index < -0.39 is 0 Å². The molecule has 0 fully saturated rings. The molecule has 0 aliphatic carbocycles. The van der Waals surface area contributed by atoms with E-state index in [4.69, 9.17) is 4.98 Å². The minimum absolute atomic E-state index is 0.0558. The van der Waals surface area contributed by atoms with Crippen molar-refractivity contribution in [2.24, 2.45) is 0 Å². The molecule has 0 amide bonds. The topological polar surface area (TPSA) is 55.1 Å². The van der Waals surface area contributed by atoms with Crippen LogP contribution in [0.15, 0.2) is 35.1 Å². The maximum atomic E-state index is 12.7. The summed E-state index contributed by atoms with van der Waals surface area (Å²) < 4.78 is 1.77. The van der Waals surface area contributed by atoms with Crippen molar-refractivity contribution in [3.8, 4) is 5.75 Å². The predicted molar refractivity (Wildman–Crippen MR) is 93.9 cm³/mol. The van der Waals surface area contributed by atoms with Crippen LogP contribution in [0.3, 0.4) is 0 Å². The number of nitrogens with zero attached hydrogens (tertiary/aromatic N) is 2. The minimum Gasteiger partial charge on any atom is -0.508 e. The number of hydrogen-bond donors (Lipinski definition) is 1. The smallest absolute Gasteiger partial charge is 0.262 e. The van der Waals surface area contributed by atoms with Crippen molar-refractivity contribution in [1.29, 1.82) is 0 Å². The number of aryl methyl sites for hydroxylation is 1. The third-order valence-electron chi connectivity index (χ3n) is 4.15. The number of phenols is 1. The molecule has 0 saturated carbocycles. The summed E-state index contributed by atoms with van der Waals surface area (Å²) in [6, 6.07) is 9.08. The highest BCUT2D eigenvalue weighted by Crippen LogP contribution is 2.30. The summed E-state index contributed by atoms with van der Waals surface area (Å²) >= 11 is 1.60. The normalized spacial score (nSPS) is 15.4. The molecule has 0 saturated heterocycles. The molecule has 1 aliphatic heterocycles. The van der Waals surface area contributed by atoms with E-state index in [1.165, 1.54) is 4.88 Å². The van der Waals surface area contributed by atoms with Crippen molar-refractivity contribution < 1.29 is 5.11 Å². The number of thiophene rings is 1. The van der Waals surface area contributed by atoms with Gasteiger partial charge >= 0.3 is 0 Å². The molecular weight excluding hydrogens is 308 g/mol. The Morgan fingerprint density at radius 2 is 2.26 bits per heavy atom. The molecule has 1 aliphatic rings. The minimum atomic E-state index is 0.0558. The van der Waals surface area contributed by atoms with Crippen LogP contribution >= 0.6 is 11.3 Å². The lowest BCUT2D eigenvalue weighted by Gasteiger charge is -2.03. The lowest BCUT2D eigenvalue weighted by atomic mass is 10.1. The SMILES string of the molecule is CCc1cc2c(=O)n3c(nc2s1)/C(=C/c1cccc(O)c1)CC3. The first kappa shape index (κ1) is 14.2. The molecule has 0 unspecified atom stereocenters. The fraction of sp³-hybridized carbons (Fsp3) is 0.222. The molecule has 2 aromatic heterocycles. The molecule has 0 bridgehead atoms. The Labute approximate surface area is 137 Å². The Morgan fingerprint density at radius 1 is 1.39 bits per heavy atom. The highest BCUT2D eigenvalue weighted by Gasteiger charge is 2.21. The zero-order valence-corrected chi connectivity index (χ0v) is 13.6. The summed E-state index contributed by atoms with van der Waals surface area (Å²) in [6.07, 6.45) is 3.71. The van der Waals surface area contributed by atoms with E-state index >= 15 is 0 Å². The average Bonchev–Trinajstić information content (AvgIpc) is 3.13. The maximum Gasteiger partial charge on any atom is 0.262 e. The van der Waals surface area contributed by atoms with Crippen LogP contribution in [0.5, 0.6) is 5.75 Å². The van der Waals surface area contributed by atoms with E-state index in [2.05, 4.69) is 6.92 Å². The quantitative estimate of drug-likeness (QED) is 0.782. The van der Waals surface area contributed by atoms with Crippen molar-refractivity contribution in [3.63, 3.8) is 0 Å². The molecule has 1 N–H and O–H groups in total. The monoisotopic (exact) mass is 324 g/mol. The van der Waals surface area contributed by atoms with Gasteiger partial charge in [0.05, 0.1) is 5.39 Å². The predicted octanol–water partition coefficient (Wildman–Crippen LogP) is 3.67. The van der Waals surface area contributed by atoms with Crippen LogP contribution in [-0.2, 0) is 13.0 Å². The summed E-state index contributed by atoms with van der Waals surface area (Å²) in [4.78, 5) is 19.4. The number of benzene rings is 1. The largest absolute Gasteiger partial charge is 0.508 e. The van der Waals surface area contributed by atoms with Crippen LogP contribution < -0.4 is 5.56 Å². The summed E-state index contributed by atoms with van der Waals surface area (Å²) in [5, 5.41) is 10.3. The van der Waals surface area contributed by atoms with Gasteiger partial charge in [0.2, 0.25) is 0 Å². The summed E-state index contributed by atoms with van der Waals surface area (Å²) in [5.74, 6) is 0.999. The van der Waals surface area contributed by atoms with Gasteiger partial charge in [-0.15, -0.1) is 11.3 Å². The molecule has 4 rings (SSSR count). The van der Waals surface area contributed by atoms with Crippen LogP contribution in [-0.4, -0.2) is 14.7 Å². The molecule has 0 atom stereocenters. The number of aromatic nitrogens is 2. The van der Waals surface area contributed by atoms with Crippen molar-refractivity contribution in [1.82, 2.24) is 9.55 Å². The van der Waals surface area contributed by atoms with Crippen molar-refractivity contribution in [2.75, 3.05) is 0 Å². The van der Waals surface area contributed by atoms with Gasteiger partial charge in [-0.1, -0.05) is 19.1 Å². The van der Waals surface area contributed by atoms with Crippen molar-refractivity contribution >= 4 is 33.2 Å².